The third kappa shape index (κ3) is 3.64. The fourth-order valence-electron chi connectivity index (χ4n) is 3.17. The second-order valence-electron chi connectivity index (χ2n) is 6.31. The lowest BCUT2D eigenvalue weighted by Gasteiger charge is -2.33. The van der Waals surface area contributed by atoms with Gasteiger partial charge in [0.25, 0.3) is 0 Å². The van der Waals surface area contributed by atoms with Gasteiger partial charge >= 0.3 is 6.03 Å². The maximum atomic E-state index is 13.6. The van der Waals surface area contributed by atoms with Crippen LogP contribution in [-0.2, 0) is 0 Å². The lowest BCUT2D eigenvalue weighted by Crippen LogP contribution is -2.46. The number of carbonyl (C=O) groups is 1. The van der Waals surface area contributed by atoms with Gasteiger partial charge < -0.3 is 15.5 Å². The Morgan fingerprint density at radius 3 is 2.81 bits per heavy atom. The summed E-state index contributed by atoms with van der Waals surface area (Å²) in [5.41, 5.74) is 0.621. The second-order valence-corrected chi connectivity index (χ2v) is 6.31. The van der Waals surface area contributed by atoms with Crippen LogP contribution in [-0.4, -0.2) is 45.3 Å². The molecule has 27 heavy (non-hydrogen) atoms. The molecule has 1 fully saturated rings. The summed E-state index contributed by atoms with van der Waals surface area (Å²) in [6.45, 7) is 1.40. The number of fused-ring (bicyclic) bond motifs is 1. The molecule has 0 saturated carbocycles. The number of carbonyl (C=O) groups excluding carboxylic acids is 1. The minimum Gasteiger partial charge on any atom is -0.356 e. The van der Waals surface area contributed by atoms with Gasteiger partial charge in [0, 0.05) is 25.2 Å². The van der Waals surface area contributed by atoms with E-state index in [1.54, 1.807) is 6.20 Å². The molecule has 0 spiro atoms. The zero-order chi connectivity index (χ0) is 18.8. The van der Waals surface area contributed by atoms with Gasteiger partial charge in [-0.15, -0.1) is 0 Å². The molecular formula is C17H17F2N7O. The molecule has 3 heterocycles. The summed E-state index contributed by atoms with van der Waals surface area (Å²) in [5.74, 6) is -0.694. The van der Waals surface area contributed by atoms with Gasteiger partial charge in [-0.2, -0.15) is 5.10 Å². The number of amides is 2. The number of H-pyrrole nitrogens is 1. The van der Waals surface area contributed by atoms with Crippen molar-refractivity contribution in [2.75, 3.05) is 23.3 Å². The third-order valence-electron chi connectivity index (χ3n) is 4.54. The third-order valence-corrected chi connectivity index (χ3v) is 4.54. The van der Waals surface area contributed by atoms with Crippen molar-refractivity contribution in [3.05, 3.63) is 42.4 Å². The Bertz CT molecular complexity index is 969. The van der Waals surface area contributed by atoms with Gasteiger partial charge in [0.2, 0.25) is 0 Å². The Balaban J connectivity index is 1.34. The van der Waals surface area contributed by atoms with Crippen LogP contribution >= 0.6 is 0 Å². The number of nitrogens with zero attached hydrogens (tertiary/aromatic N) is 4. The van der Waals surface area contributed by atoms with Gasteiger partial charge in [0.05, 0.1) is 17.3 Å². The fourth-order valence-corrected chi connectivity index (χ4v) is 3.17. The topological polar surface area (TPSA) is 98.8 Å². The first-order valence-electron chi connectivity index (χ1n) is 8.52. The SMILES string of the molecule is O=C(Nc1ccc(F)cc1F)NC1CCN(c2ncnc3[nH]ncc23)CC1. The molecule has 0 radical (unpaired) electrons. The number of halogens is 2. The lowest BCUT2D eigenvalue weighted by molar-refractivity contribution is 0.246. The smallest absolute Gasteiger partial charge is 0.319 e. The van der Waals surface area contributed by atoms with Crippen LogP contribution < -0.4 is 15.5 Å². The van der Waals surface area contributed by atoms with E-state index in [1.807, 2.05) is 0 Å². The molecule has 3 N–H and O–H groups in total. The van der Waals surface area contributed by atoms with Crippen LogP contribution in [0.4, 0.5) is 25.1 Å². The van der Waals surface area contributed by atoms with Crippen LogP contribution in [0.25, 0.3) is 11.0 Å². The van der Waals surface area contributed by atoms with Crippen molar-refractivity contribution in [2.45, 2.75) is 18.9 Å². The predicted octanol–water partition coefficient (Wildman–Crippen LogP) is 2.42. The Kier molecular flexibility index (Phi) is 4.53. The van der Waals surface area contributed by atoms with Crippen molar-refractivity contribution in [2.24, 2.45) is 0 Å². The quantitative estimate of drug-likeness (QED) is 0.655. The summed E-state index contributed by atoms with van der Waals surface area (Å²) in [6, 6.07) is 2.45. The number of nitrogens with one attached hydrogen (secondary N) is 3. The van der Waals surface area contributed by atoms with Crippen molar-refractivity contribution in [3.8, 4) is 0 Å². The average molecular weight is 373 g/mol. The maximum Gasteiger partial charge on any atom is 0.319 e. The van der Waals surface area contributed by atoms with Crippen LogP contribution in [0.15, 0.2) is 30.7 Å². The molecule has 2 amide bonds. The van der Waals surface area contributed by atoms with Gasteiger partial charge in [0.15, 0.2) is 5.65 Å². The number of anilines is 2. The van der Waals surface area contributed by atoms with E-state index in [2.05, 4.69) is 35.7 Å². The number of aromatic nitrogens is 4. The van der Waals surface area contributed by atoms with Gasteiger partial charge in [-0.25, -0.2) is 23.5 Å². The average Bonchev–Trinajstić information content (AvgIpc) is 3.13. The van der Waals surface area contributed by atoms with Gasteiger partial charge in [-0.1, -0.05) is 0 Å². The first kappa shape index (κ1) is 17.1. The molecule has 2 aromatic heterocycles. The first-order chi connectivity index (χ1) is 13.1. The number of piperidine rings is 1. The zero-order valence-corrected chi connectivity index (χ0v) is 14.2. The first-order valence-corrected chi connectivity index (χ1v) is 8.52. The molecule has 1 aliphatic heterocycles. The molecule has 0 bridgehead atoms. The molecule has 0 atom stereocenters. The molecule has 1 saturated heterocycles. The maximum absolute atomic E-state index is 13.6. The fraction of sp³-hybridized carbons (Fsp3) is 0.294. The Morgan fingerprint density at radius 2 is 2.04 bits per heavy atom. The van der Waals surface area contributed by atoms with E-state index in [0.29, 0.717) is 31.6 Å². The number of aromatic amines is 1. The number of hydrogen-bond acceptors (Lipinski definition) is 5. The lowest BCUT2D eigenvalue weighted by atomic mass is 10.1. The molecule has 4 rings (SSSR count). The van der Waals surface area contributed by atoms with Crippen LogP contribution in [0.1, 0.15) is 12.8 Å². The molecule has 10 heteroatoms. The van der Waals surface area contributed by atoms with E-state index in [-0.39, 0.29) is 11.7 Å². The normalized spacial score (nSPS) is 15.1. The molecular weight excluding hydrogens is 356 g/mol. The van der Waals surface area contributed by atoms with Gasteiger partial charge in [0.1, 0.15) is 23.8 Å². The minimum absolute atomic E-state index is 0.0496. The van der Waals surface area contributed by atoms with E-state index in [1.165, 1.54) is 12.4 Å². The molecule has 1 aromatic carbocycles. The summed E-state index contributed by atoms with van der Waals surface area (Å²) in [4.78, 5) is 22.7. The molecule has 1 aliphatic rings. The number of hydrogen-bond donors (Lipinski definition) is 3. The summed E-state index contributed by atoms with van der Waals surface area (Å²) >= 11 is 0. The van der Waals surface area contributed by atoms with Crippen molar-refractivity contribution in [1.29, 1.82) is 0 Å². The number of rotatable bonds is 3. The molecule has 3 aromatic rings. The van der Waals surface area contributed by atoms with Crippen LogP contribution in [0.5, 0.6) is 0 Å². The van der Waals surface area contributed by atoms with Crippen molar-refractivity contribution < 1.29 is 13.6 Å². The van der Waals surface area contributed by atoms with E-state index in [0.717, 1.165) is 23.3 Å². The number of urea groups is 1. The van der Waals surface area contributed by atoms with Crippen molar-refractivity contribution in [1.82, 2.24) is 25.5 Å². The summed E-state index contributed by atoms with van der Waals surface area (Å²) in [6.07, 6.45) is 4.61. The summed E-state index contributed by atoms with van der Waals surface area (Å²) in [7, 11) is 0. The minimum atomic E-state index is -0.812. The van der Waals surface area contributed by atoms with Crippen molar-refractivity contribution in [3.63, 3.8) is 0 Å². The zero-order valence-electron chi connectivity index (χ0n) is 14.2. The van der Waals surface area contributed by atoms with E-state index < -0.39 is 17.7 Å². The Morgan fingerprint density at radius 1 is 1.22 bits per heavy atom. The predicted molar refractivity (Wildman–Crippen MR) is 95.4 cm³/mol. The van der Waals surface area contributed by atoms with Gasteiger partial charge in [-0.3, -0.25) is 5.10 Å². The van der Waals surface area contributed by atoms with Gasteiger partial charge in [-0.05, 0) is 25.0 Å². The van der Waals surface area contributed by atoms with Crippen LogP contribution in [0.3, 0.4) is 0 Å². The monoisotopic (exact) mass is 373 g/mol. The van der Waals surface area contributed by atoms with Crippen LogP contribution in [0, 0.1) is 11.6 Å². The second kappa shape index (κ2) is 7.14. The molecule has 8 nitrogen and oxygen atoms in total. The highest BCUT2D eigenvalue weighted by Crippen LogP contribution is 2.24. The van der Waals surface area contributed by atoms with E-state index in [4.69, 9.17) is 0 Å². The molecule has 0 aliphatic carbocycles. The summed E-state index contributed by atoms with van der Waals surface area (Å²) in [5, 5.41) is 12.9. The Labute approximate surface area is 153 Å². The number of benzene rings is 1. The van der Waals surface area contributed by atoms with E-state index >= 15 is 0 Å². The highest BCUT2D eigenvalue weighted by atomic mass is 19.1. The Hall–Kier alpha value is -3.30. The molecule has 0 unspecified atom stereocenters. The van der Waals surface area contributed by atoms with Crippen LogP contribution in [0.2, 0.25) is 0 Å². The molecule has 140 valence electrons. The largest absolute Gasteiger partial charge is 0.356 e. The van der Waals surface area contributed by atoms with Crippen molar-refractivity contribution >= 4 is 28.6 Å². The van der Waals surface area contributed by atoms with E-state index in [9.17, 15) is 13.6 Å². The highest BCUT2D eigenvalue weighted by Gasteiger charge is 2.23. The highest BCUT2D eigenvalue weighted by molar-refractivity contribution is 5.89. The standard InChI is InChI=1S/C17H17F2N7O/c18-10-1-2-14(13(19)7-10)24-17(27)23-11-3-5-26(6-4-11)16-12-8-22-25-15(12)20-9-21-16/h1-2,7-9,11H,3-6H2,(H2,23,24,27)(H,20,21,22,25). The summed E-state index contributed by atoms with van der Waals surface area (Å²) < 4.78 is 26.5.